The highest BCUT2D eigenvalue weighted by Crippen LogP contribution is 2.26. The van der Waals surface area contributed by atoms with Crippen LogP contribution in [0.5, 0.6) is 5.75 Å². The molecular formula is C16H12ClNO3. The molecule has 2 amide bonds. The number of benzene rings is 2. The van der Waals surface area contributed by atoms with Crippen molar-refractivity contribution in [1.82, 2.24) is 5.32 Å². The fourth-order valence-electron chi connectivity index (χ4n) is 2.28. The van der Waals surface area contributed by atoms with Crippen LogP contribution in [0.25, 0.3) is 0 Å². The molecule has 106 valence electrons. The topological polar surface area (TPSA) is 55.4 Å². The third kappa shape index (κ3) is 2.62. The van der Waals surface area contributed by atoms with E-state index in [9.17, 15) is 9.59 Å². The van der Waals surface area contributed by atoms with E-state index in [1.54, 1.807) is 18.2 Å². The highest BCUT2D eigenvalue weighted by atomic mass is 35.5. The number of fused-ring (bicyclic) bond motifs is 1. The quantitative estimate of drug-likeness (QED) is 0.884. The summed E-state index contributed by atoms with van der Waals surface area (Å²) in [6, 6.07) is 12.5. The third-order valence-electron chi connectivity index (χ3n) is 3.31. The van der Waals surface area contributed by atoms with Gasteiger partial charge in [-0.25, -0.2) is 0 Å². The SMILES string of the molecule is O=C1NC(=O)c2c(OCCc3ccccc3Cl)cccc21. The molecule has 1 N–H and O–H groups in total. The summed E-state index contributed by atoms with van der Waals surface area (Å²) in [4.78, 5) is 23.3. The van der Waals surface area contributed by atoms with Crippen LogP contribution in [0.15, 0.2) is 42.5 Å². The lowest BCUT2D eigenvalue weighted by Gasteiger charge is -2.09. The summed E-state index contributed by atoms with van der Waals surface area (Å²) in [5, 5.41) is 2.95. The van der Waals surface area contributed by atoms with Crippen LogP contribution in [0.4, 0.5) is 0 Å². The zero-order valence-corrected chi connectivity index (χ0v) is 11.8. The molecule has 0 spiro atoms. The van der Waals surface area contributed by atoms with E-state index < -0.39 is 5.91 Å². The molecule has 2 aromatic carbocycles. The van der Waals surface area contributed by atoms with Crippen molar-refractivity contribution >= 4 is 23.4 Å². The van der Waals surface area contributed by atoms with Crippen LogP contribution in [0, 0.1) is 0 Å². The fraction of sp³-hybridized carbons (Fsp3) is 0.125. The highest BCUT2D eigenvalue weighted by molar-refractivity contribution is 6.31. The van der Waals surface area contributed by atoms with Crippen molar-refractivity contribution in [3.05, 3.63) is 64.2 Å². The molecule has 1 heterocycles. The van der Waals surface area contributed by atoms with Crippen LogP contribution in [0.2, 0.25) is 5.02 Å². The summed E-state index contributed by atoms with van der Waals surface area (Å²) in [6.45, 7) is 0.377. The number of ether oxygens (including phenoxy) is 1. The van der Waals surface area contributed by atoms with Gasteiger partial charge in [-0.15, -0.1) is 0 Å². The zero-order valence-electron chi connectivity index (χ0n) is 11.1. The van der Waals surface area contributed by atoms with Gasteiger partial charge in [0.25, 0.3) is 11.8 Å². The summed E-state index contributed by atoms with van der Waals surface area (Å²) in [5.74, 6) is -0.377. The van der Waals surface area contributed by atoms with Gasteiger partial charge >= 0.3 is 0 Å². The minimum atomic E-state index is -0.414. The number of halogens is 1. The normalized spacial score (nSPS) is 13.0. The van der Waals surface area contributed by atoms with Crippen LogP contribution in [0.3, 0.4) is 0 Å². The van der Waals surface area contributed by atoms with Crippen molar-refractivity contribution in [2.24, 2.45) is 0 Å². The largest absolute Gasteiger partial charge is 0.492 e. The van der Waals surface area contributed by atoms with Gasteiger partial charge in [-0.05, 0) is 23.8 Å². The summed E-state index contributed by atoms with van der Waals surface area (Å²) < 4.78 is 5.65. The average Bonchev–Trinajstić information content (AvgIpc) is 2.77. The van der Waals surface area contributed by atoms with E-state index in [1.165, 1.54) is 0 Å². The monoisotopic (exact) mass is 301 g/mol. The van der Waals surface area contributed by atoms with Crippen LogP contribution >= 0.6 is 11.6 Å². The number of imide groups is 1. The third-order valence-corrected chi connectivity index (χ3v) is 3.68. The summed E-state index contributed by atoms with van der Waals surface area (Å²) in [7, 11) is 0. The van der Waals surface area contributed by atoms with E-state index in [2.05, 4.69) is 5.32 Å². The molecule has 3 rings (SSSR count). The lowest BCUT2D eigenvalue weighted by molar-refractivity contribution is 0.0878. The lowest BCUT2D eigenvalue weighted by Crippen LogP contribution is -2.20. The Morgan fingerprint density at radius 2 is 1.81 bits per heavy atom. The molecule has 0 fully saturated rings. The molecule has 0 aliphatic carbocycles. The summed E-state index contributed by atoms with van der Waals surface area (Å²) in [5.41, 5.74) is 1.64. The fourth-order valence-corrected chi connectivity index (χ4v) is 2.51. The lowest BCUT2D eigenvalue weighted by atomic mass is 10.1. The van der Waals surface area contributed by atoms with E-state index in [-0.39, 0.29) is 5.91 Å². The van der Waals surface area contributed by atoms with E-state index in [0.717, 1.165) is 5.56 Å². The van der Waals surface area contributed by atoms with Gasteiger partial charge in [0, 0.05) is 11.4 Å². The van der Waals surface area contributed by atoms with E-state index in [1.807, 2.05) is 24.3 Å². The van der Waals surface area contributed by atoms with Gasteiger partial charge in [0.2, 0.25) is 0 Å². The Kier molecular flexibility index (Phi) is 3.62. The van der Waals surface area contributed by atoms with Crippen LogP contribution in [-0.4, -0.2) is 18.4 Å². The Morgan fingerprint density at radius 3 is 2.62 bits per heavy atom. The molecule has 1 aliphatic heterocycles. The van der Waals surface area contributed by atoms with Crippen molar-refractivity contribution in [1.29, 1.82) is 0 Å². The van der Waals surface area contributed by atoms with Crippen molar-refractivity contribution in [3.63, 3.8) is 0 Å². The first-order valence-corrected chi connectivity index (χ1v) is 6.89. The van der Waals surface area contributed by atoms with Gasteiger partial charge < -0.3 is 4.74 Å². The van der Waals surface area contributed by atoms with E-state index in [4.69, 9.17) is 16.3 Å². The first kappa shape index (κ1) is 13.6. The molecular weight excluding hydrogens is 290 g/mol. The summed E-state index contributed by atoms with van der Waals surface area (Å²) >= 11 is 6.08. The molecule has 0 saturated carbocycles. The first-order valence-electron chi connectivity index (χ1n) is 6.51. The van der Waals surface area contributed by atoms with Crippen molar-refractivity contribution in [2.45, 2.75) is 6.42 Å². The maximum atomic E-state index is 11.8. The van der Waals surface area contributed by atoms with E-state index >= 15 is 0 Å². The second kappa shape index (κ2) is 5.58. The predicted molar refractivity (Wildman–Crippen MR) is 78.9 cm³/mol. The summed E-state index contributed by atoms with van der Waals surface area (Å²) in [6.07, 6.45) is 0.624. The predicted octanol–water partition coefficient (Wildman–Crippen LogP) is 2.85. The van der Waals surface area contributed by atoms with Gasteiger partial charge in [0.05, 0.1) is 17.7 Å². The van der Waals surface area contributed by atoms with Crippen molar-refractivity contribution in [2.75, 3.05) is 6.61 Å². The Hall–Kier alpha value is -2.33. The standard InChI is InChI=1S/C16H12ClNO3/c17-12-6-2-1-4-10(12)8-9-21-13-7-3-5-11-14(13)16(20)18-15(11)19/h1-7H,8-9H2,(H,18,19,20). The molecule has 0 radical (unpaired) electrons. The number of amides is 2. The molecule has 21 heavy (non-hydrogen) atoms. The molecule has 0 saturated heterocycles. The Balaban J connectivity index is 1.74. The smallest absolute Gasteiger partial charge is 0.262 e. The molecule has 5 heteroatoms. The molecule has 2 aromatic rings. The highest BCUT2D eigenvalue weighted by Gasteiger charge is 2.29. The molecule has 0 bridgehead atoms. The van der Waals surface area contributed by atoms with Crippen molar-refractivity contribution in [3.8, 4) is 5.75 Å². The maximum Gasteiger partial charge on any atom is 0.262 e. The van der Waals surface area contributed by atoms with Crippen LogP contribution in [0.1, 0.15) is 26.3 Å². The number of carbonyl (C=O) groups excluding carboxylic acids is 2. The minimum Gasteiger partial charge on any atom is -0.492 e. The van der Waals surface area contributed by atoms with Crippen molar-refractivity contribution < 1.29 is 14.3 Å². The first-order chi connectivity index (χ1) is 10.2. The molecule has 0 aromatic heterocycles. The Morgan fingerprint density at radius 1 is 1.00 bits per heavy atom. The number of nitrogens with one attached hydrogen (secondary N) is 1. The molecule has 0 unspecified atom stereocenters. The zero-order chi connectivity index (χ0) is 14.8. The second-order valence-corrected chi connectivity index (χ2v) is 5.06. The molecule has 4 nitrogen and oxygen atoms in total. The average molecular weight is 302 g/mol. The number of carbonyl (C=O) groups is 2. The number of rotatable bonds is 4. The number of hydrogen-bond acceptors (Lipinski definition) is 3. The molecule has 0 atom stereocenters. The van der Waals surface area contributed by atoms with E-state index in [0.29, 0.717) is 34.9 Å². The molecule has 1 aliphatic rings. The van der Waals surface area contributed by atoms with Gasteiger partial charge in [0.15, 0.2) is 0 Å². The van der Waals surface area contributed by atoms with Crippen LogP contribution < -0.4 is 10.1 Å². The number of hydrogen-bond donors (Lipinski definition) is 1. The Labute approximate surface area is 126 Å². The minimum absolute atomic E-state index is 0.307. The second-order valence-electron chi connectivity index (χ2n) is 4.65. The maximum absolute atomic E-state index is 11.8. The van der Waals surface area contributed by atoms with Gasteiger partial charge in [-0.1, -0.05) is 35.9 Å². The van der Waals surface area contributed by atoms with Crippen LogP contribution in [-0.2, 0) is 6.42 Å². The van der Waals surface area contributed by atoms with Gasteiger partial charge in [0.1, 0.15) is 5.75 Å². The van der Waals surface area contributed by atoms with Gasteiger partial charge in [-0.2, -0.15) is 0 Å². The van der Waals surface area contributed by atoms with Gasteiger partial charge in [-0.3, -0.25) is 14.9 Å². The Bertz CT molecular complexity index is 727.